The van der Waals surface area contributed by atoms with E-state index in [-0.39, 0.29) is 30.5 Å². The third-order valence-corrected chi connectivity index (χ3v) is 3.66. The molecule has 0 saturated carbocycles. The number of carbonyl (C=O) groups is 2. The van der Waals surface area contributed by atoms with Gasteiger partial charge in [-0.15, -0.1) is 0 Å². The molecule has 0 aromatic heterocycles. The summed E-state index contributed by atoms with van der Waals surface area (Å²) in [6, 6.07) is 9.53. The van der Waals surface area contributed by atoms with Crippen LogP contribution in [-0.2, 0) is 20.9 Å². The van der Waals surface area contributed by atoms with Crippen LogP contribution in [0.3, 0.4) is 0 Å². The van der Waals surface area contributed by atoms with Crippen LogP contribution in [0.15, 0.2) is 30.3 Å². The van der Waals surface area contributed by atoms with Crippen LogP contribution in [0.4, 0.5) is 4.79 Å². The molecule has 1 aromatic carbocycles. The Hall–Kier alpha value is -2.04. The maximum Gasteiger partial charge on any atom is 0.410 e. The second kappa shape index (κ2) is 7.11. The standard InChI is InChI=1S/C16H21NO4/c1-12-8-14(15(18)20-2)10-17(9-12)16(19)21-11-13-6-4-3-5-7-13/h3-7,12,14H,8-11H2,1-2H3. The van der Waals surface area contributed by atoms with Crippen LogP contribution in [0.5, 0.6) is 0 Å². The van der Waals surface area contributed by atoms with Gasteiger partial charge in [-0.05, 0) is 17.9 Å². The van der Waals surface area contributed by atoms with Crippen molar-refractivity contribution in [1.82, 2.24) is 4.90 Å². The molecule has 5 nitrogen and oxygen atoms in total. The van der Waals surface area contributed by atoms with Gasteiger partial charge in [0.15, 0.2) is 0 Å². The number of hydrogen-bond acceptors (Lipinski definition) is 4. The molecule has 21 heavy (non-hydrogen) atoms. The number of piperidine rings is 1. The lowest BCUT2D eigenvalue weighted by Gasteiger charge is -2.34. The highest BCUT2D eigenvalue weighted by atomic mass is 16.6. The molecule has 1 fully saturated rings. The third kappa shape index (κ3) is 4.21. The smallest absolute Gasteiger partial charge is 0.410 e. The molecule has 1 aliphatic heterocycles. The molecule has 1 aromatic rings. The van der Waals surface area contributed by atoms with E-state index in [2.05, 4.69) is 0 Å². The second-order valence-corrected chi connectivity index (χ2v) is 5.51. The summed E-state index contributed by atoms with van der Waals surface area (Å²) in [6.45, 7) is 3.24. The van der Waals surface area contributed by atoms with Crippen molar-refractivity contribution >= 4 is 12.1 Å². The average Bonchev–Trinajstić information content (AvgIpc) is 2.52. The summed E-state index contributed by atoms with van der Waals surface area (Å²) in [5.74, 6) is -0.266. The topological polar surface area (TPSA) is 55.8 Å². The van der Waals surface area contributed by atoms with E-state index in [0.717, 1.165) is 12.0 Å². The number of methoxy groups -OCH3 is 1. The molecular formula is C16H21NO4. The first-order valence-electron chi connectivity index (χ1n) is 7.13. The van der Waals surface area contributed by atoms with Crippen molar-refractivity contribution in [3.8, 4) is 0 Å². The zero-order chi connectivity index (χ0) is 15.2. The van der Waals surface area contributed by atoms with E-state index in [0.29, 0.717) is 13.1 Å². The fourth-order valence-electron chi connectivity index (χ4n) is 2.65. The lowest BCUT2D eigenvalue weighted by Crippen LogP contribution is -2.46. The number of amides is 1. The first kappa shape index (κ1) is 15.4. The summed E-state index contributed by atoms with van der Waals surface area (Å²) in [4.78, 5) is 25.4. The Bertz CT molecular complexity index is 488. The molecule has 5 heteroatoms. The Labute approximate surface area is 124 Å². The first-order chi connectivity index (χ1) is 10.1. The molecule has 0 bridgehead atoms. The molecule has 2 atom stereocenters. The number of benzene rings is 1. The van der Waals surface area contributed by atoms with Crippen LogP contribution < -0.4 is 0 Å². The predicted octanol–water partition coefficient (Wildman–Crippen LogP) is 2.45. The number of esters is 1. The molecule has 114 valence electrons. The van der Waals surface area contributed by atoms with Gasteiger partial charge in [0, 0.05) is 13.1 Å². The van der Waals surface area contributed by atoms with Crippen LogP contribution in [0, 0.1) is 11.8 Å². The van der Waals surface area contributed by atoms with Crippen molar-refractivity contribution < 1.29 is 19.1 Å². The fraction of sp³-hybridized carbons (Fsp3) is 0.500. The van der Waals surface area contributed by atoms with E-state index >= 15 is 0 Å². The summed E-state index contributed by atoms with van der Waals surface area (Å²) >= 11 is 0. The van der Waals surface area contributed by atoms with Gasteiger partial charge in [0.1, 0.15) is 6.61 Å². The van der Waals surface area contributed by atoms with Crippen LogP contribution >= 0.6 is 0 Å². The van der Waals surface area contributed by atoms with Gasteiger partial charge < -0.3 is 14.4 Å². The quantitative estimate of drug-likeness (QED) is 0.803. The van der Waals surface area contributed by atoms with E-state index in [1.807, 2.05) is 37.3 Å². The lowest BCUT2D eigenvalue weighted by atomic mass is 9.91. The molecule has 1 saturated heterocycles. The number of nitrogens with zero attached hydrogens (tertiary/aromatic N) is 1. The molecule has 0 spiro atoms. The summed E-state index contributed by atoms with van der Waals surface area (Å²) in [5.41, 5.74) is 0.945. The maximum absolute atomic E-state index is 12.1. The van der Waals surface area contributed by atoms with Gasteiger partial charge in [0.2, 0.25) is 0 Å². The number of rotatable bonds is 3. The van der Waals surface area contributed by atoms with E-state index in [4.69, 9.17) is 9.47 Å². The molecule has 0 radical (unpaired) electrons. The van der Waals surface area contributed by atoms with E-state index in [1.165, 1.54) is 7.11 Å². The van der Waals surface area contributed by atoms with Crippen LogP contribution in [0.25, 0.3) is 0 Å². The van der Waals surface area contributed by atoms with Gasteiger partial charge in [-0.3, -0.25) is 4.79 Å². The molecule has 1 aliphatic rings. The average molecular weight is 291 g/mol. The number of ether oxygens (including phenoxy) is 2. The van der Waals surface area contributed by atoms with Crippen LogP contribution in [-0.4, -0.2) is 37.2 Å². The zero-order valence-electron chi connectivity index (χ0n) is 12.5. The summed E-state index contributed by atoms with van der Waals surface area (Å²) in [7, 11) is 1.37. The third-order valence-electron chi connectivity index (χ3n) is 3.66. The minimum atomic E-state index is -0.376. The van der Waals surface area contributed by atoms with Gasteiger partial charge >= 0.3 is 12.1 Å². The predicted molar refractivity (Wildman–Crippen MR) is 77.5 cm³/mol. The number of carbonyl (C=O) groups excluding carboxylic acids is 2. The van der Waals surface area contributed by atoms with Gasteiger partial charge in [-0.25, -0.2) is 4.79 Å². The van der Waals surface area contributed by atoms with Crippen molar-refractivity contribution in [1.29, 1.82) is 0 Å². The van der Waals surface area contributed by atoms with Crippen molar-refractivity contribution in [2.45, 2.75) is 20.0 Å². The van der Waals surface area contributed by atoms with Crippen LogP contribution in [0.2, 0.25) is 0 Å². The minimum absolute atomic E-state index is 0.243. The Morgan fingerprint density at radius 3 is 2.62 bits per heavy atom. The molecule has 2 rings (SSSR count). The molecule has 2 unspecified atom stereocenters. The maximum atomic E-state index is 12.1. The summed E-state index contributed by atoms with van der Waals surface area (Å²) < 4.78 is 10.1. The fourth-order valence-corrected chi connectivity index (χ4v) is 2.65. The highest BCUT2D eigenvalue weighted by Gasteiger charge is 2.33. The van der Waals surface area contributed by atoms with Gasteiger partial charge in [0.25, 0.3) is 0 Å². The summed E-state index contributed by atoms with van der Waals surface area (Å²) in [6.07, 6.45) is 0.370. The van der Waals surface area contributed by atoms with Crippen molar-refractivity contribution in [3.63, 3.8) is 0 Å². The largest absolute Gasteiger partial charge is 0.469 e. The molecule has 1 amide bonds. The molecule has 1 heterocycles. The number of likely N-dealkylation sites (tertiary alicyclic amines) is 1. The van der Waals surface area contributed by atoms with E-state index < -0.39 is 0 Å². The monoisotopic (exact) mass is 291 g/mol. The Morgan fingerprint density at radius 1 is 1.24 bits per heavy atom. The second-order valence-electron chi connectivity index (χ2n) is 5.51. The van der Waals surface area contributed by atoms with Gasteiger partial charge in [-0.1, -0.05) is 37.3 Å². The summed E-state index contributed by atoms with van der Waals surface area (Å²) in [5, 5.41) is 0. The first-order valence-corrected chi connectivity index (χ1v) is 7.13. The van der Waals surface area contributed by atoms with E-state index in [9.17, 15) is 9.59 Å². The highest BCUT2D eigenvalue weighted by Crippen LogP contribution is 2.23. The molecular weight excluding hydrogens is 270 g/mol. The SMILES string of the molecule is COC(=O)C1CC(C)CN(C(=O)OCc2ccccc2)C1. The lowest BCUT2D eigenvalue weighted by molar-refractivity contribution is -0.147. The van der Waals surface area contributed by atoms with Crippen LogP contribution in [0.1, 0.15) is 18.9 Å². The normalized spacial score (nSPS) is 21.7. The number of hydrogen-bond donors (Lipinski definition) is 0. The van der Waals surface area contributed by atoms with Crippen molar-refractivity contribution in [2.24, 2.45) is 11.8 Å². The molecule has 0 N–H and O–H groups in total. The van der Waals surface area contributed by atoms with E-state index in [1.54, 1.807) is 4.90 Å². The zero-order valence-corrected chi connectivity index (χ0v) is 12.5. The highest BCUT2D eigenvalue weighted by molar-refractivity contribution is 5.74. The Balaban J connectivity index is 1.90. The van der Waals surface area contributed by atoms with Crippen molar-refractivity contribution in [2.75, 3.05) is 20.2 Å². The molecule has 0 aliphatic carbocycles. The Morgan fingerprint density at radius 2 is 1.95 bits per heavy atom. The Kier molecular flexibility index (Phi) is 5.20. The minimum Gasteiger partial charge on any atom is -0.469 e. The van der Waals surface area contributed by atoms with Gasteiger partial charge in [0.05, 0.1) is 13.0 Å². The van der Waals surface area contributed by atoms with Gasteiger partial charge in [-0.2, -0.15) is 0 Å². The van der Waals surface area contributed by atoms with Crippen molar-refractivity contribution in [3.05, 3.63) is 35.9 Å².